The van der Waals surface area contributed by atoms with Gasteiger partial charge >= 0.3 is 0 Å². The zero-order valence-electron chi connectivity index (χ0n) is 16.8. The Kier molecular flexibility index (Phi) is 6.39. The third-order valence-electron chi connectivity index (χ3n) is 5.04. The van der Waals surface area contributed by atoms with Gasteiger partial charge < -0.3 is 19.5 Å². The number of imidazole rings is 1. The summed E-state index contributed by atoms with van der Waals surface area (Å²) in [7, 11) is 3.18. The normalized spacial score (nSPS) is 20.8. The Bertz CT molecular complexity index is 830. The fourth-order valence-electron chi connectivity index (χ4n) is 3.62. The Hall–Kier alpha value is -2.35. The molecule has 0 saturated heterocycles. The molecule has 28 heavy (non-hydrogen) atoms. The SMILES string of the molecule is COc1ccc2nc(O[C@H]3CC[C@H](OC[C@H](C)NC(C)=O)CC3)n(C)c2c1F. The van der Waals surface area contributed by atoms with E-state index < -0.39 is 5.82 Å². The fraction of sp³-hybridized carbons (Fsp3) is 0.600. The maximum Gasteiger partial charge on any atom is 0.297 e. The summed E-state index contributed by atoms with van der Waals surface area (Å²) in [6.45, 7) is 3.93. The van der Waals surface area contributed by atoms with Crippen molar-refractivity contribution in [1.82, 2.24) is 14.9 Å². The van der Waals surface area contributed by atoms with Crippen LogP contribution < -0.4 is 14.8 Å². The minimum Gasteiger partial charge on any atom is -0.494 e. The molecule has 1 heterocycles. The second-order valence-corrected chi connectivity index (χ2v) is 7.35. The summed E-state index contributed by atoms with van der Waals surface area (Å²) >= 11 is 0. The van der Waals surface area contributed by atoms with Gasteiger partial charge in [0.25, 0.3) is 6.01 Å². The molecule has 0 unspecified atom stereocenters. The number of aromatic nitrogens is 2. The largest absolute Gasteiger partial charge is 0.494 e. The minimum absolute atomic E-state index is 0.00152. The number of amides is 1. The first-order chi connectivity index (χ1) is 13.4. The molecule has 7 nitrogen and oxygen atoms in total. The molecule has 3 rings (SSSR count). The second-order valence-electron chi connectivity index (χ2n) is 7.35. The number of benzene rings is 1. The number of aryl methyl sites for hydroxylation is 1. The number of fused-ring (bicyclic) bond motifs is 1. The Balaban J connectivity index is 1.56. The van der Waals surface area contributed by atoms with Gasteiger partial charge in [0.1, 0.15) is 11.6 Å². The molecule has 1 aromatic carbocycles. The third kappa shape index (κ3) is 4.55. The van der Waals surface area contributed by atoms with Crippen molar-refractivity contribution in [1.29, 1.82) is 0 Å². The minimum atomic E-state index is -0.435. The Morgan fingerprint density at radius 2 is 2.00 bits per heavy atom. The van der Waals surface area contributed by atoms with Crippen LogP contribution in [-0.4, -0.2) is 47.4 Å². The number of carbonyl (C=O) groups excluding carboxylic acids is 1. The number of nitrogens with one attached hydrogen (secondary N) is 1. The molecule has 1 atom stereocenters. The second kappa shape index (κ2) is 8.77. The van der Waals surface area contributed by atoms with E-state index >= 15 is 0 Å². The van der Waals surface area contributed by atoms with Crippen molar-refractivity contribution in [3.8, 4) is 11.8 Å². The number of halogens is 1. The van der Waals surface area contributed by atoms with Gasteiger partial charge in [-0.05, 0) is 44.7 Å². The summed E-state index contributed by atoms with van der Waals surface area (Å²) in [6.07, 6.45) is 3.63. The molecular formula is C20H28FN3O4. The lowest BCUT2D eigenvalue weighted by molar-refractivity contribution is -0.120. The van der Waals surface area contributed by atoms with Crippen molar-refractivity contribution >= 4 is 16.9 Å². The van der Waals surface area contributed by atoms with Crippen molar-refractivity contribution in [2.75, 3.05) is 13.7 Å². The molecule has 0 spiro atoms. The number of rotatable bonds is 7. The van der Waals surface area contributed by atoms with Crippen molar-refractivity contribution in [2.45, 2.75) is 57.8 Å². The average molecular weight is 393 g/mol. The standard InChI is InChI=1S/C20H28FN3O4/c1-12(22-13(2)25)11-27-14-5-7-15(8-6-14)28-20-23-16-9-10-17(26-4)18(21)19(16)24(20)3/h9-10,12,14-15H,5-8,11H2,1-4H3,(H,22,25)/t12-,14-,15-/m0/s1. The maximum absolute atomic E-state index is 14.5. The molecule has 1 aliphatic rings. The Morgan fingerprint density at radius 1 is 1.32 bits per heavy atom. The van der Waals surface area contributed by atoms with E-state index in [1.165, 1.54) is 14.0 Å². The quantitative estimate of drug-likeness (QED) is 0.783. The summed E-state index contributed by atoms with van der Waals surface area (Å²) in [4.78, 5) is 15.5. The molecule has 2 aromatic rings. The van der Waals surface area contributed by atoms with E-state index in [9.17, 15) is 9.18 Å². The molecule has 1 saturated carbocycles. The highest BCUT2D eigenvalue weighted by Gasteiger charge is 2.25. The molecule has 0 aliphatic heterocycles. The first-order valence-corrected chi connectivity index (χ1v) is 9.63. The molecule has 154 valence electrons. The van der Waals surface area contributed by atoms with Gasteiger partial charge in [0, 0.05) is 20.0 Å². The first kappa shape index (κ1) is 20.4. The van der Waals surface area contributed by atoms with E-state index in [4.69, 9.17) is 14.2 Å². The lowest BCUT2D eigenvalue weighted by atomic mass is 9.95. The molecule has 0 radical (unpaired) electrons. The predicted molar refractivity (Wildman–Crippen MR) is 103 cm³/mol. The molecule has 1 amide bonds. The molecule has 1 N–H and O–H groups in total. The van der Waals surface area contributed by atoms with Gasteiger partial charge in [0.05, 0.1) is 25.3 Å². The van der Waals surface area contributed by atoms with Crippen molar-refractivity contribution < 1.29 is 23.4 Å². The maximum atomic E-state index is 14.5. The van der Waals surface area contributed by atoms with Crippen LogP contribution in [0.2, 0.25) is 0 Å². The van der Waals surface area contributed by atoms with E-state index in [2.05, 4.69) is 10.3 Å². The van der Waals surface area contributed by atoms with E-state index in [-0.39, 0.29) is 29.9 Å². The van der Waals surface area contributed by atoms with Gasteiger partial charge in [-0.3, -0.25) is 9.36 Å². The predicted octanol–water partition coefficient (Wildman–Crippen LogP) is 2.95. The topological polar surface area (TPSA) is 74.6 Å². The van der Waals surface area contributed by atoms with Gasteiger partial charge in [0.15, 0.2) is 11.6 Å². The van der Waals surface area contributed by atoms with Crippen LogP contribution in [0, 0.1) is 5.82 Å². The highest BCUT2D eigenvalue weighted by atomic mass is 19.1. The van der Waals surface area contributed by atoms with Gasteiger partial charge in [-0.1, -0.05) is 0 Å². The molecule has 0 bridgehead atoms. The smallest absolute Gasteiger partial charge is 0.297 e. The fourth-order valence-corrected chi connectivity index (χ4v) is 3.62. The van der Waals surface area contributed by atoms with Gasteiger partial charge in [-0.15, -0.1) is 0 Å². The third-order valence-corrected chi connectivity index (χ3v) is 5.04. The summed E-state index contributed by atoms with van der Waals surface area (Å²) in [6, 6.07) is 3.70. The van der Waals surface area contributed by atoms with Crippen LogP contribution in [0.3, 0.4) is 0 Å². The molecule has 8 heteroatoms. The van der Waals surface area contributed by atoms with E-state index in [0.29, 0.717) is 23.7 Å². The van der Waals surface area contributed by atoms with Crippen LogP contribution in [-0.2, 0) is 16.6 Å². The van der Waals surface area contributed by atoms with Gasteiger partial charge in [-0.2, -0.15) is 4.98 Å². The van der Waals surface area contributed by atoms with Crippen LogP contribution in [0.1, 0.15) is 39.5 Å². The number of hydrogen-bond donors (Lipinski definition) is 1. The van der Waals surface area contributed by atoms with Crippen LogP contribution in [0.4, 0.5) is 4.39 Å². The molecule has 1 aromatic heterocycles. The lowest BCUT2D eigenvalue weighted by Crippen LogP contribution is -2.37. The number of ether oxygens (including phenoxy) is 3. The van der Waals surface area contributed by atoms with Gasteiger partial charge in [0.2, 0.25) is 5.91 Å². The zero-order chi connectivity index (χ0) is 20.3. The molecular weight excluding hydrogens is 365 g/mol. The number of nitrogens with zero attached hydrogens (tertiary/aromatic N) is 2. The number of carbonyl (C=O) groups is 1. The van der Waals surface area contributed by atoms with E-state index in [1.807, 2.05) is 6.92 Å². The van der Waals surface area contributed by atoms with Crippen LogP contribution in [0.15, 0.2) is 12.1 Å². The monoisotopic (exact) mass is 393 g/mol. The highest BCUT2D eigenvalue weighted by Crippen LogP contribution is 2.31. The summed E-state index contributed by atoms with van der Waals surface area (Å²) in [5, 5.41) is 2.82. The zero-order valence-corrected chi connectivity index (χ0v) is 16.8. The van der Waals surface area contributed by atoms with E-state index in [1.54, 1.807) is 23.7 Å². The van der Waals surface area contributed by atoms with Crippen molar-refractivity contribution in [3.63, 3.8) is 0 Å². The molecule has 1 aliphatic carbocycles. The summed E-state index contributed by atoms with van der Waals surface area (Å²) in [5.74, 6) is -0.298. The number of methoxy groups -OCH3 is 1. The highest BCUT2D eigenvalue weighted by molar-refractivity contribution is 5.79. The van der Waals surface area contributed by atoms with E-state index in [0.717, 1.165) is 25.7 Å². The summed E-state index contributed by atoms with van der Waals surface area (Å²) < 4.78 is 33.2. The first-order valence-electron chi connectivity index (χ1n) is 9.63. The van der Waals surface area contributed by atoms with Crippen molar-refractivity contribution in [3.05, 3.63) is 17.9 Å². The lowest BCUT2D eigenvalue weighted by Gasteiger charge is -2.29. The van der Waals surface area contributed by atoms with Crippen LogP contribution >= 0.6 is 0 Å². The Labute approximate surface area is 164 Å². The molecule has 1 fully saturated rings. The van der Waals surface area contributed by atoms with Crippen LogP contribution in [0.25, 0.3) is 11.0 Å². The van der Waals surface area contributed by atoms with Gasteiger partial charge in [-0.25, -0.2) is 4.39 Å². The van der Waals surface area contributed by atoms with Crippen LogP contribution in [0.5, 0.6) is 11.8 Å². The van der Waals surface area contributed by atoms with Crippen molar-refractivity contribution in [2.24, 2.45) is 7.05 Å². The number of hydrogen-bond acceptors (Lipinski definition) is 5. The average Bonchev–Trinajstić information content (AvgIpc) is 2.97. The Morgan fingerprint density at radius 3 is 2.64 bits per heavy atom. The summed E-state index contributed by atoms with van der Waals surface area (Å²) in [5.41, 5.74) is 0.915.